The zero-order valence-corrected chi connectivity index (χ0v) is 17.5. The summed E-state index contributed by atoms with van der Waals surface area (Å²) >= 11 is 0. The van der Waals surface area contributed by atoms with E-state index in [2.05, 4.69) is 6.08 Å². The van der Waals surface area contributed by atoms with E-state index in [0.29, 0.717) is 19.8 Å². The van der Waals surface area contributed by atoms with Gasteiger partial charge in [-0.1, -0.05) is 18.1 Å². The molecule has 6 atom stereocenters. The lowest BCUT2D eigenvalue weighted by molar-refractivity contribution is -0.0579. The number of fused-ring (bicyclic) bond motifs is 4. The Kier molecular flexibility index (Phi) is 5.02. The fraction of sp³-hybridized carbons (Fsp3) is 0.810. The second-order valence-corrected chi connectivity index (χ2v) is 10.8. The molecule has 1 spiro atoms. The van der Waals surface area contributed by atoms with E-state index in [-0.39, 0.29) is 35.5 Å². The van der Waals surface area contributed by atoms with Gasteiger partial charge in [-0.15, -0.1) is 0 Å². The lowest BCUT2D eigenvalue weighted by Crippen LogP contribution is -2.50. The minimum atomic E-state index is -5.73. The van der Waals surface area contributed by atoms with E-state index in [9.17, 15) is 21.6 Å². The van der Waals surface area contributed by atoms with Crippen molar-refractivity contribution in [3.05, 3.63) is 23.5 Å². The number of allylic oxidation sites excluding steroid dienone is 3. The lowest BCUT2D eigenvalue weighted by atomic mass is 9.55. The normalized spacial score (nSPS) is 41.4. The fourth-order valence-corrected chi connectivity index (χ4v) is 7.30. The van der Waals surface area contributed by atoms with Crippen LogP contribution in [0.3, 0.4) is 0 Å². The van der Waals surface area contributed by atoms with Crippen LogP contribution < -0.4 is 0 Å². The summed E-state index contributed by atoms with van der Waals surface area (Å²) < 4.78 is 80.4. The van der Waals surface area contributed by atoms with Gasteiger partial charge >= 0.3 is 15.6 Å². The molecule has 1 aliphatic heterocycles. The molecule has 4 aliphatic carbocycles. The first-order valence-corrected chi connectivity index (χ1v) is 12.3. The van der Waals surface area contributed by atoms with Gasteiger partial charge in [0.05, 0.1) is 25.9 Å². The Morgan fingerprint density at radius 3 is 2.77 bits per heavy atom. The van der Waals surface area contributed by atoms with Crippen molar-refractivity contribution in [1.82, 2.24) is 0 Å². The van der Waals surface area contributed by atoms with E-state index in [1.807, 2.05) is 0 Å². The zero-order chi connectivity index (χ0) is 21.1. The van der Waals surface area contributed by atoms with E-state index in [1.54, 1.807) is 6.08 Å². The van der Waals surface area contributed by atoms with Crippen LogP contribution in [0, 0.1) is 29.1 Å². The number of rotatable bonds is 2. The summed E-state index contributed by atoms with van der Waals surface area (Å²) in [6.07, 6.45) is 10.0. The highest BCUT2D eigenvalue weighted by Gasteiger charge is 2.61. The number of hydrogen-bond donors (Lipinski definition) is 0. The van der Waals surface area contributed by atoms with Gasteiger partial charge in [-0.25, -0.2) is 0 Å². The molecule has 30 heavy (non-hydrogen) atoms. The number of hydrogen-bond acceptors (Lipinski definition) is 5. The first kappa shape index (κ1) is 20.8. The molecule has 0 aromatic heterocycles. The van der Waals surface area contributed by atoms with E-state index in [1.165, 1.54) is 5.57 Å². The molecule has 0 aromatic rings. The number of ether oxygens (including phenoxy) is 2. The van der Waals surface area contributed by atoms with Gasteiger partial charge in [0, 0.05) is 11.3 Å². The van der Waals surface area contributed by atoms with Crippen LogP contribution in [-0.2, 0) is 23.8 Å². The van der Waals surface area contributed by atoms with Crippen molar-refractivity contribution in [2.24, 2.45) is 29.1 Å². The van der Waals surface area contributed by atoms with Crippen LogP contribution >= 0.6 is 0 Å². The summed E-state index contributed by atoms with van der Waals surface area (Å²) in [4.78, 5) is 0. The van der Waals surface area contributed by atoms with Crippen LogP contribution in [-0.4, -0.2) is 39.9 Å². The predicted molar refractivity (Wildman–Crippen MR) is 101 cm³/mol. The molecule has 1 heterocycles. The van der Waals surface area contributed by atoms with Gasteiger partial charge in [-0.05, 0) is 62.4 Å². The molecule has 9 heteroatoms. The smallest absolute Gasteiger partial charge is 0.381 e. The Morgan fingerprint density at radius 2 is 1.97 bits per heavy atom. The Morgan fingerprint density at radius 1 is 1.13 bits per heavy atom. The summed E-state index contributed by atoms with van der Waals surface area (Å²) in [7, 11) is -5.73. The molecule has 0 bridgehead atoms. The molecule has 1 unspecified atom stereocenters. The monoisotopic (exact) mass is 448 g/mol. The van der Waals surface area contributed by atoms with E-state index in [0.717, 1.165) is 44.9 Å². The zero-order valence-electron chi connectivity index (χ0n) is 16.7. The SMILES string of the molecule is O=S(=O)(OC1=C[C@]23COCCOC2CC[C@H]3[C@@H]2CC=C3CCCC[C@@H]3[C@@H]12)C(F)(F)F. The van der Waals surface area contributed by atoms with Gasteiger partial charge < -0.3 is 13.7 Å². The van der Waals surface area contributed by atoms with Crippen molar-refractivity contribution in [2.45, 2.75) is 56.6 Å². The van der Waals surface area contributed by atoms with E-state index in [4.69, 9.17) is 13.7 Å². The summed E-state index contributed by atoms with van der Waals surface area (Å²) in [5, 5.41) is 0. The van der Waals surface area contributed by atoms with Crippen LogP contribution in [0.5, 0.6) is 0 Å². The quantitative estimate of drug-likeness (QED) is 0.358. The van der Waals surface area contributed by atoms with Crippen LogP contribution in [0.2, 0.25) is 0 Å². The van der Waals surface area contributed by atoms with Crippen molar-refractivity contribution in [3.8, 4) is 0 Å². The summed E-state index contributed by atoms with van der Waals surface area (Å²) in [6.45, 7) is 1.19. The second-order valence-electron chi connectivity index (χ2n) is 9.29. The molecule has 0 N–H and O–H groups in total. The molecule has 2 saturated carbocycles. The number of alkyl halides is 3. The van der Waals surface area contributed by atoms with Crippen molar-refractivity contribution in [1.29, 1.82) is 0 Å². The van der Waals surface area contributed by atoms with E-state index < -0.39 is 21.0 Å². The molecule has 5 nitrogen and oxygen atoms in total. The molecule has 3 fully saturated rings. The maximum atomic E-state index is 13.2. The van der Waals surface area contributed by atoms with Crippen molar-refractivity contribution in [2.75, 3.05) is 19.8 Å². The molecule has 0 amide bonds. The highest BCUT2D eigenvalue weighted by molar-refractivity contribution is 7.87. The molecule has 168 valence electrons. The average Bonchev–Trinajstić information content (AvgIpc) is 2.93. The van der Waals surface area contributed by atoms with Crippen LogP contribution in [0.25, 0.3) is 0 Å². The van der Waals surface area contributed by atoms with Gasteiger partial charge in [0.15, 0.2) is 0 Å². The molecular weight excluding hydrogens is 421 g/mol. The Bertz CT molecular complexity index is 864. The number of halogens is 3. The van der Waals surface area contributed by atoms with Crippen LogP contribution in [0.1, 0.15) is 44.9 Å². The molecule has 0 aromatic carbocycles. The first-order chi connectivity index (χ1) is 14.2. The third-order valence-electron chi connectivity index (χ3n) is 7.93. The predicted octanol–water partition coefficient (Wildman–Crippen LogP) is 4.31. The largest absolute Gasteiger partial charge is 0.534 e. The highest BCUT2D eigenvalue weighted by Crippen LogP contribution is 2.62. The van der Waals surface area contributed by atoms with Gasteiger partial charge in [0.25, 0.3) is 0 Å². The maximum Gasteiger partial charge on any atom is 0.534 e. The third kappa shape index (κ3) is 3.14. The topological polar surface area (TPSA) is 61.8 Å². The van der Waals surface area contributed by atoms with Gasteiger partial charge in [-0.3, -0.25) is 0 Å². The Balaban J connectivity index is 1.61. The lowest BCUT2D eigenvalue weighted by Gasteiger charge is -2.51. The molecule has 5 rings (SSSR count). The fourth-order valence-electron chi connectivity index (χ4n) is 6.80. The average molecular weight is 449 g/mol. The first-order valence-electron chi connectivity index (χ1n) is 10.8. The summed E-state index contributed by atoms with van der Waals surface area (Å²) in [6, 6.07) is 0. The highest BCUT2D eigenvalue weighted by atomic mass is 32.2. The summed E-state index contributed by atoms with van der Waals surface area (Å²) in [5.41, 5.74) is -4.84. The Labute approximate surface area is 174 Å². The molecular formula is C21H27F3O5S. The van der Waals surface area contributed by atoms with Gasteiger partial charge in [0.2, 0.25) is 0 Å². The summed E-state index contributed by atoms with van der Waals surface area (Å²) in [5.74, 6) is -0.0924. The molecule has 5 aliphatic rings. The third-order valence-corrected chi connectivity index (χ3v) is 8.91. The van der Waals surface area contributed by atoms with Gasteiger partial charge in [0.1, 0.15) is 5.76 Å². The standard InChI is InChI=1S/C21H27F3O5S/c22-21(23,24)30(25,26)29-17-11-20-12-27-9-10-28-18(20)8-7-16(20)15-6-5-13-3-1-2-4-14(13)19(15)17/h5,11,14-16,18-19H,1-4,6-10,12H2/t14-,15-,16-,18?,19+,20+/m0/s1. The maximum absolute atomic E-state index is 13.2. The van der Waals surface area contributed by atoms with Gasteiger partial charge in [-0.2, -0.15) is 21.6 Å². The minimum Gasteiger partial charge on any atom is -0.381 e. The van der Waals surface area contributed by atoms with Crippen molar-refractivity contribution < 1.29 is 35.2 Å². The Hall–Kier alpha value is -1.06. The van der Waals surface area contributed by atoms with Crippen molar-refractivity contribution in [3.63, 3.8) is 0 Å². The van der Waals surface area contributed by atoms with Crippen LogP contribution in [0.15, 0.2) is 23.5 Å². The minimum absolute atomic E-state index is 0.0351. The molecule has 0 radical (unpaired) electrons. The molecule has 1 saturated heterocycles. The van der Waals surface area contributed by atoms with Crippen molar-refractivity contribution >= 4 is 10.1 Å². The van der Waals surface area contributed by atoms with E-state index >= 15 is 0 Å². The second kappa shape index (κ2) is 7.24. The van der Waals surface area contributed by atoms with Crippen LogP contribution in [0.4, 0.5) is 13.2 Å².